The van der Waals surface area contributed by atoms with Gasteiger partial charge in [-0.3, -0.25) is 4.79 Å². The Morgan fingerprint density at radius 2 is 2.00 bits per heavy atom. The Labute approximate surface area is 144 Å². The zero-order chi connectivity index (χ0) is 16.3. The highest BCUT2D eigenvalue weighted by Gasteiger charge is 2.30. The highest BCUT2D eigenvalue weighted by molar-refractivity contribution is 7.99. The van der Waals surface area contributed by atoms with Gasteiger partial charge in [0.15, 0.2) is 0 Å². The van der Waals surface area contributed by atoms with Gasteiger partial charge in [-0.1, -0.05) is 30.3 Å². The van der Waals surface area contributed by atoms with Crippen molar-refractivity contribution in [1.82, 2.24) is 10.3 Å². The van der Waals surface area contributed by atoms with E-state index >= 15 is 0 Å². The Kier molecular flexibility index (Phi) is 5.04. The molecule has 122 valence electrons. The van der Waals surface area contributed by atoms with Crippen molar-refractivity contribution in [1.29, 1.82) is 0 Å². The lowest BCUT2D eigenvalue weighted by molar-refractivity contribution is 0.0312. The number of nitrogens with zero attached hydrogens (tertiary/aromatic N) is 1. The van der Waals surface area contributed by atoms with E-state index in [1.54, 1.807) is 0 Å². The van der Waals surface area contributed by atoms with Crippen LogP contribution in [0.4, 0.5) is 0 Å². The van der Waals surface area contributed by atoms with Crippen LogP contribution in [-0.4, -0.2) is 39.6 Å². The van der Waals surface area contributed by atoms with Gasteiger partial charge < -0.3 is 10.4 Å². The second-order valence-electron chi connectivity index (χ2n) is 5.82. The predicted octanol–water partition coefficient (Wildman–Crippen LogP) is 3.11. The number of carbonyl (C=O) groups excluding carboxylic acids is 1. The molecule has 0 atom stereocenters. The number of aryl methyl sites for hydroxylation is 1. The molecule has 6 heteroatoms. The minimum Gasteiger partial charge on any atom is -0.388 e. The highest BCUT2D eigenvalue weighted by Crippen LogP contribution is 2.29. The molecule has 1 aliphatic heterocycles. The Bertz CT molecular complexity index is 679. The molecule has 1 aliphatic rings. The number of hydrogen-bond donors (Lipinski definition) is 2. The standard InChI is InChI=1S/C17H20N2O2S2/c1-12-14(23-16(19-12)13-5-3-2-4-6-13)15(20)18-11-17(21)7-9-22-10-8-17/h2-6,21H,7-11H2,1H3,(H,18,20). The number of thiazole rings is 1. The minimum atomic E-state index is -0.762. The van der Waals surface area contributed by atoms with E-state index in [0.717, 1.165) is 40.6 Å². The van der Waals surface area contributed by atoms with Gasteiger partial charge in [-0.2, -0.15) is 11.8 Å². The summed E-state index contributed by atoms with van der Waals surface area (Å²) in [6, 6.07) is 9.86. The van der Waals surface area contributed by atoms with Crippen molar-refractivity contribution in [3.05, 3.63) is 40.9 Å². The van der Waals surface area contributed by atoms with Crippen LogP contribution in [0.1, 0.15) is 28.2 Å². The van der Waals surface area contributed by atoms with Crippen LogP contribution in [0.2, 0.25) is 0 Å². The van der Waals surface area contributed by atoms with Crippen LogP contribution in [0, 0.1) is 6.92 Å². The van der Waals surface area contributed by atoms with Crippen LogP contribution in [0.3, 0.4) is 0 Å². The highest BCUT2D eigenvalue weighted by atomic mass is 32.2. The first-order chi connectivity index (χ1) is 11.1. The molecule has 0 spiro atoms. The fourth-order valence-corrected chi connectivity index (χ4v) is 4.81. The SMILES string of the molecule is Cc1nc(-c2ccccc2)sc1C(=O)NCC1(O)CCSCC1. The molecule has 1 saturated heterocycles. The van der Waals surface area contributed by atoms with Crippen LogP contribution >= 0.6 is 23.1 Å². The molecule has 2 N–H and O–H groups in total. The molecule has 0 unspecified atom stereocenters. The van der Waals surface area contributed by atoms with Gasteiger partial charge in [0, 0.05) is 12.1 Å². The normalized spacial score (nSPS) is 17.0. The molecule has 1 aromatic carbocycles. The van der Waals surface area contributed by atoms with Crippen molar-refractivity contribution < 1.29 is 9.90 Å². The van der Waals surface area contributed by atoms with Crippen LogP contribution in [0.25, 0.3) is 10.6 Å². The second-order valence-corrected chi connectivity index (χ2v) is 8.04. The summed E-state index contributed by atoms with van der Waals surface area (Å²) in [6.45, 7) is 2.16. The van der Waals surface area contributed by atoms with Gasteiger partial charge in [-0.15, -0.1) is 11.3 Å². The van der Waals surface area contributed by atoms with Gasteiger partial charge in [0.1, 0.15) is 9.88 Å². The maximum absolute atomic E-state index is 12.4. The molecule has 1 fully saturated rings. The van der Waals surface area contributed by atoms with Gasteiger partial charge in [-0.05, 0) is 31.3 Å². The molecule has 1 amide bonds. The summed E-state index contributed by atoms with van der Waals surface area (Å²) in [7, 11) is 0. The molecule has 0 aliphatic carbocycles. The lowest BCUT2D eigenvalue weighted by Gasteiger charge is -2.31. The minimum absolute atomic E-state index is 0.145. The number of carbonyl (C=O) groups is 1. The molecule has 0 radical (unpaired) electrons. The number of aliphatic hydroxyl groups is 1. The quantitative estimate of drug-likeness (QED) is 0.891. The van der Waals surface area contributed by atoms with E-state index in [9.17, 15) is 9.90 Å². The lowest BCUT2D eigenvalue weighted by atomic mass is 9.97. The van der Waals surface area contributed by atoms with Crippen molar-refractivity contribution in [2.75, 3.05) is 18.1 Å². The Morgan fingerprint density at radius 3 is 2.70 bits per heavy atom. The van der Waals surface area contributed by atoms with E-state index in [2.05, 4.69) is 10.3 Å². The Hall–Kier alpha value is -1.37. The molecule has 2 aromatic rings. The summed E-state index contributed by atoms with van der Waals surface area (Å²) in [6.07, 6.45) is 1.46. The van der Waals surface area contributed by atoms with Crippen molar-refractivity contribution in [2.45, 2.75) is 25.4 Å². The predicted molar refractivity (Wildman–Crippen MR) is 96.1 cm³/mol. The lowest BCUT2D eigenvalue weighted by Crippen LogP contribution is -2.45. The molecule has 3 rings (SSSR count). The number of hydrogen-bond acceptors (Lipinski definition) is 5. The molecule has 0 bridgehead atoms. The first kappa shape index (κ1) is 16.5. The molecule has 2 heterocycles. The third kappa shape index (κ3) is 3.94. The summed E-state index contributed by atoms with van der Waals surface area (Å²) in [5, 5.41) is 14.2. The monoisotopic (exact) mass is 348 g/mol. The van der Waals surface area contributed by atoms with Crippen LogP contribution < -0.4 is 5.32 Å². The smallest absolute Gasteiger partial charge is 0.263 e. The maximum Gasteiger partial charge on any atom is 0.263 e. The largest absolute Gasteiger partial charge is 0.388 e. The summed E-state index contributed by atoms with van der Waals surface area (Å²) < 4.78 is 0. The van der Waals surface area contributed by atoms with E-state index < -0.39 is 5.60 Å². The number of rotatable bonds is 4. The first-order valence-corrected chi connectivity index (χ1v) is 9.66. The second kappa shape index (κ2) is 7.03. The van der Waals surface area contributed by atoms with Crippen LogP contribution in [-0.2, 0) is 0 Å². The number of nitrogens with one attached hydrogen (secondary N) is 1. The van der Waals surface area contributed by atoms with E-state index in [0.29, 0.717) is 11.4 Å². The van der Waals surface area contributed by atoms with Gasteiger partial charge in [0.2, 0.25) is 0 Å². The fraction of sp³-hybridized carbons (Fsp3) is 0.412. The number of amides is 1. The number of aromatic nitrogens is 1. The van der Waals surface area contributed by atoms with E-state index in [4.69, 9.17) is 0 Å². The zero-order valence-corrected chi connectivity index (χ0v) is 14.7. The van der Waals surface area contributed by atoms with E-state index in [-0.39, 0.29) is 5.91 Å². The van der Waals surface area contributed by atoms with Crippen molar-refractivity contribution in [3.8, 4) is 10.6 Å². The van der Waals surface area contributed by atoms with Crippen LogP contribution in [0.15, 0.2) is 30.3 Å². The third-order valence-electron chi connectivity index (χ3n) is 4.03. The fourth-order valence-electron chi connectivity index (χ4n) is 2.56. The van der Waals surface area contributed by atoms with Crippen LogP contribution in [0.5, 0.6) is 0 Å². The molecular formula is C17H20N2O2S2. The number of thioether (sulfide) groups is 1. The van der Waals surface area contributed by atoms with Crippen molar-refractivity contribution in [3.63, 3.8) is 0 Å². The first-order valence-electron chi connectivity index (χ1n) is 7.69. The van der Waals surface area contributed by atoms with Gasteiger partial charge in [0.25, 0.3) is 5.91 Å². The van der Waals surface area contributed by atoms with Crippen molar-refractivity contribution in [2.24, 2.45) is 0 Å². The third-order valence-corrected chi connectivity index (χ3v) is 6.22. The Balaban J connectivity index is 1.69. The average molecular weight is 348 g/mol. The summed E-state index contributed by atoms with van der Waals surface area (Å²) in [5.41, 5.74) is 0.988. The molecule has 1 aromatic heterocycles. The summed E-state index contributed by atoms with van der Waals surface area (Å²) >= 11 is 3.25. The topological polar surface area (TPSA) is 62.2 Å². The molecule has 4 nitrogen and oxygen atoms in total. The summed E-state index contributed by atoms with van der Waals surface area (Å²) in [5.74, 6) is 1.75. The number of benzene rings is 1. The maximum atomic E-state index is 12.4. The van der Waals surface area contributed by atoms with Crippen molar-refractivity contribution >= 4 is 29.0 Å². The van der Waals surface area contributed by atoms with Gasteiger partial charge >= 0.3 is 0 Å². The molecule has 0 saturated carbocycles. The molecule has 23 heavy (non-hydrogen) atoms. The van der Waals surface area contributed by atoms with Gasteiger partial charge in [0.05, 0.1) is 11.3 Å². The Morgan fingerprint density at radius 1 is 1.30 bits per heavy atom. The van der Waals surface area contributed by atoms with E-state index in [1.807, 2.05) is 49.0 Å². The summed E-state index contributed by atoms with van der Waals surface area (Å²) in [4.78, 5) is 17.6. The van der Waals surface area contributed by atoms with E-state index in [1.165, 1.54) is 11.3 Å². The van der Waals surface area contributed by atoms with Gasteiger partial charge in [-0.25, -0.2) is 4.98 Å². The molecular weight excluding hydrogens is 328 g/mol. The zero-order valence-electron chi connectivity index (χ0n) is 13.0. The average Bonchev–Trinajstić information content (AvgIpc) is 2.96.